The monoisotopic (exact) mass is 596 g/mol. The maximum Gasteiger partial charge on any atom is 0.307 e. The largest absolute Gasteiger partial charge is 0.481 e. The summed E-state index contributed by atoms with van der Waals surface area (Å²) in [4.78, 5) is 23.5. The molecule has 0 atom stereocenters. The molecule has 3 aromatic carbocycles. The third kappa shape index (κ3) is 6.91. The number of carboxylic acids is 1. The maximum absolute atomic E-state index is 13.2. The van der Waals surface area contributed by atoms with E-state index in [0.29, 0.717) is 11.3 Å². The molecule has 12 heteroatoms. The number of rotatable bonds is 9. The normalized spacial score (nSPS) is 13.8. The number of hydrogen-bond donors (Lipinski definition) is 3. The Labute approximate surface area is 234 Å². The number of nitrogens with one attached hydrogen (secondary N) is 2. The van der Waals surface area contributed by atoms with Crippen LogP contribution in [0.1, 0.15) is 31.2 Å². The van der Waals surface area contributed by atoms with E-state index in [4.69, 9.17) is 44.6 Å². The van der Waals surface area contributed by atoms with E-state index in [1.807, 2.05) is 0 Å². The van der Waals surface area contributed by atoms with E-state index >= 15 is 0 Å². The first-order valence-corrected chi connectivity index (χ1v) is 14.2. The molecular formula is C26H23Cl3N2O6S. The van der Waals surface area contributed by atoms with Crippen molar-refractivity contribution in [3.8, 4) is 11.5 Å². The number of halogens is 3. The van der Waals surface area contributed by atoms with Gasteiger partial charge in [0.1, 0.15) is 10.6 Å². The van der Waals surface area contributed by atoms with Crippen LogP contribution < -0.4 is 14.8 Å². The summed E-state index contributed by atoms with van der Waals surface area (Å²) in [6, 6.07) is 13.0. The lowest BCUT2D eigenvalue weighted by Crippen LogP contribution is -2.20. The van der Waals surface area contributed by atoms with Gasteiger partial charge in [0.15, 0.2) is 5.75 Å². The van der Waals surface area contributed by atoms with E-state index in [0.717, 1.165) is 25.7 Å². The van der Waals surface area contributed by atoms with Crippen LogP contribution in [0.25, 0.3) is 0 Å². The van der Waals surface area contributed by atoms with E-state index in [-0.39, 0.29) is 55.4 Å². The molecule has 1 amide bonds. The number of ether oxygens (including phenoxy) is 1. The highest BCUT2D eigenvalue weighted by Crippen LogP contribution is 2.38. The predicted octanol–water partition coefficient (Wildman–Crippen LogP) is 7.00. The molecule has 0 aliphatic heterocycles. The minimum atomic E-state index is -4.20. The van der Waals surface area contributed by atoms with Gasteiger partial charge in [-0.2, -0.15) is 0 Å². The van der Waals surface area contributed by atoms with Gasteiger partial charge in [-0.15, -0.1) is 0 Å². The van der Waals surface area contributed by atoms with Gasteiger partial charge in [-0.05, 0) is 66.9 Å². The molecule has 4 rings (SSSR count). The summed E-state index contributed by atoms with van der Waals surface area (Å²) in [7, 11) is -4.20. The molecular weight excluding hydrogens is 575 g/mol. The number of anilines is 2. The Hall–Kier alpha value is -2.98. The molecule has 0 radical (unpaired) electrons. The first kappa shape index (κ1) is 28.0. The Kier molecular flexibility index (Phi) is 8.72. The Bertz CT molecular complexity index is 1490. The van der Waals surface area contributed by atoms with Crippen molar-refractivity contribution < 1.29 is 27.9 Å². The smallest absolute Gasteiger partial charge is 0.307 e. The van der Waals surface area contributed by atoms with Crippen molar-refractivity contribution in [3.05, 3.63) is 75.2 Å². The van der Waals surface area contributed by atoms with E-state index in [2.05, 4.69) is 10.0 Å². The quantitative estimate of drug-likeness (QED) is 0.244. The summed E-state index contributed by atoms with van der Waals surface area (Å²) in [6.45, 7) is 0. The molecule has 0 bridgehead atoms. The summed E-state index contributed by atoms with van der Waals surface area (Å²) < 4.78 is 34.9. The van der Waals surface area contributed by atoms with Gasteiger partial charge in [0.05, 0.1) is 22.2 Å². The lowest BCUT2D eigenvalue weighted by molar-refractivity contribution is -0.136. The number of carboxylic acid groups (broad SMARTS) is 1. The highest BCUT2D eigenvalue weighted by atomic mass is 35.5. The van der Waals surface area contributed by atoms with Gasteiger partial charge in [0, 0.05) is 16.6 Å². The van der Waals surface area contributed by atoms with Crippen molar-refractivity contribution in [1.82, 2.24) is 0 Å². The second-order valence-electron chi connectivity index (χ2n) is 8.80. The highest BCUT2D eigenvalue weighted by molar-refractivity contribution is 7.92. The molecule has 1 aliphatic rings. The molecule has 0 aromatic heterocycles. The van der Waals surface area contributed by atoms with Gasteiger partial charge in [-0.1, -0.05) is 53.7 Å². The van der Waals surface area contributed by atoms with Crippen LogP contribution in [-0.2, 0) is 26.0 Å². The molecule has 0 unspecified atom stereocenters. The van der Waals surface area contributed by atoms with E-state index in [9.17, 15) is 18.0 Å². The van der Waals surface area contributed by atoms with Gasteiger partial charge < -0.3 is 15.2 Å². The lowest BCUT2D eigenvalue weighted by atomic mass is 10.1. The standard InChI is InChI=1S/C26H23Cl3N2O6S/c27-17-6-10-24(20(29)13-17)38(35,36)31-21-14-18(30-26(34)16-3-1-2-4-16)7-9-23(21)37-22-8-5-15(11-19(22)28)12-25(32)33/h5-11,13-14,16,31H,1-4,12H2,(H,30,34)(H,32,33). The average Bonchev–Trinajstić information content (AvgIpc) is 3.37. The zero-order chi connectivity index (χ0) is 27.4. The van der Waals surface area contributed by atoms with Crippen LogP contribution in [0.2, 0.25) is 15.1 Å². The van der Waals surface area contributed by atoms with Gasteiger partial charge in [0.2, 0.25) is 5.91 Å². The molecule has 0 spiro atoms. The Morgan fingerprint density at radius 1 is 0.921 bits per heavy atom. The third-order valence-electron chi connectivity index (χ3n) is 5.97. The molecule has 1 saturated carbocycles. The first-order valence-electron chi connectivity index (χ1n) is 11.6. The third-order valence-corrected chi connectivity index (χ3v) is 8.35. The molecule has 38 heavy (non-hydrogen) atoms. The summed E-state index contributed by atoms with van der Waals surface area (Å²) in [6.07, 6.45) is 3.37. The van der Waals surface area contributed by atoms with Gasteiger partial charge in [-0.25, -0.2) is 8.42 Å². The summed E-state index contributed by atoms with van der Waals surface area (Å²) in [5.41, 5.74) is 0.862. The average molecular weight is 598 g/mol. The van der Waals surface area contributed by atoms with Crippen LogP contribution in [0, 0.1) is 5.92 Å². The zero-order valence-corrected chi connectivity index (χ0v) is 22.9. The molecule has 8 nitrogen and oxygen atoms in total. The molecule has 3 aromatic rings. The Morgan fingerprint density at radius 2 is 1.63 bits per heavy atom. The highest BCUT2D eigenvalue weighted by Gasteiger charge is 2.24. The van der Waals surface area contributed by atoms with E-state index in [1.165, 1.54) is 42.5 Å². The van der Waals surface area contributed by atoms with Gasteiger partial charge in [0.25, 0.3) is 10.0 Å². The number of carbonyl (C=O) groups is 2. The number of sulfonamides is 1. The van der Waals surface area contributed by atoms with E-state index in [1.54, 1.807) is 12.1 Å². The van der Waals surface area contributed by atoms with Crippen LogP contribution >= 0.6 is 34.8 Å². The van der Waals surface area contributed by atoms with Crippen molar-refractivity contribution in [2.45, 2.75) is 37.0 Å². The maximum atomic E-state index is 13.2. The van der Waals surface area contributed by atoms with Gasteiger partial charge in [-0.3, -0.25) is 14.3 Å². The lowest BCUT2D eigenvalue weighted by Gasteiger charge is -2.17. The Morgan fingerprint density at radius 3 is 2.29 bits per heavy atom. The first-order chi connectivity index (χ1) is 18.0. The van der Waals surface area contributed by atoms with Crippen LogP contribution in [0.5, 0.6) is 11.5 Å². The number of benzene rings is 3. The summed E-state index contributed by atoms with van der Waals surface area (Å²) in [5.74, 6) is -0.980. The van der Waals surface area contributed by atoms with E-state index < -0.39 is 16.0 Å². The summed E-state index contributed by atoms with van der Waals surface area (Å²) in [5, 5.41) is 12.2. The zero-order valence-electron chi connectivity index (χ0n) is 19.8. The van der Waals surface area contributed by atoms with Crippen molar-refractivity contribution in [1.29, 1.82) is 0 Å². The fraction of sp³-hybridized carbons (Fsp3) is 0.231. The fourth-order valence-corrected chi connectivity index (χ4v) is 6.21. The molecule has 0 heterocycles. The van der Waals surface area contributed by atoms with Crippen LogP contribution in [-0.4, -0.2) is 25.4 Å². The second kappa shape index (κ2) is 11.8. The van der Waals surface area contributed by atoms with Crippen LogP contribution in [0.3, 0.4) is 0 Å². The van der Waals surface area contributed by atoms with Crippen molar-refractivity contribution in [2.75, 3.05) is 10.0 Å². The molecule has 0 saturated heterocycles. The Balaban J connectivity index is 1.67. The van der Waals surface area contributed by atoms with Crippen LogP contribution in [0.15, 0.2) is 59.5 Å². The minimum absolute atomic E-state index is 0.0194. The molecule has 1 fully saturated rings. The topological polar surface area (TPSA) is 122 Å². The van der Waals surface area contributed by atoms with Crippen LogP contribution in [0.4, 0.5) is 11.4 Å². The minimum Gasteiger partial charge on any atom is -0.481 e. The summed E-state index contributed by atoms with van der Waals surface area (Å²) >= 11 is 18.4. The SMILES string of the molecule is O=C(O)Cc1ccc(Oc2ccc(NC(=O)C3CCCC3)cc2NS(=O)(=O)c2ccc(Cl)cc2Cl)c(Cl)c1. The number of hydrogen-bond acceptors (Lipinski definition) is 5. The van der Waals surface area contributed by atoms with Gasteiger partial charge >= 0.3 is 5.97 Å². The van der Waals surface area contributed by atoms with Crippen molar-refractivity contribution in [3.63, 3.8) is 0 Å². The number of aliphatic carboxylic acids is 1. The molecule has 200 valence electrons. The van der Waals surface area contributed by atoms with Crippen molar-refractivity contribution in [2.24, 2.45) is 5.92 Å². The second-order valence-corrected chi connectivity index (χ2v) is 11.7. The fourth-order valence-electron chi connectivity index (χ4n) is 4.13. The molecule has 3 N–H and O–H groups in total. The van der Waals surface area contributed by atoms with Crippen molar-refractivity contribution >= 4 is 68.1 Å². The molecule has 1 aliphatic carbocycles. The number of carbonyl (C=O) groups excluding carboxylic acids is 1. The number of amides is 1. The predicted molar refractivity (Wildman–Crippen MR) is 147 cm³/mol.